The van der Waals surface area contributed by atoms with Crippen molar-refractivity contribution in [3.05, 3.63) is 29.7 Å². The number of hydrogen-bond acceptors (Lipinski definition) is 5. The Morgan fingerprint density at radius 1 is 1.21 bits per heavy atom. The van der Waals surface area contributed by atoms with Crippen LogP contribution in [0, 0.1) is 13.8 Å². The zero-order valence-electron chi connectivity index (χ0n) is 12.1. The second-order valence-electron chi connectivity index (χ2n) is 5.07. The molecule has 0 spiro atoms. The van der Waals surface area contributed by atoms with Crippen molar-refractivity contribution in [1.82, 2.24) is 25.3 Å². The fraction of sp³-hybridized carbons (Fsp3) is 0.615. The van der Waals surface area contributed by atoms with E-state index in [1.165, 1.54) is 5.56 Å². The summed E-state index contributed by atoms with van der Waals surface area (Å²) in [4.78, 5) is 0. The molecule has 0 aliphatic rings. The second-order valence-corrected chi connectivity index (χ2v) is 5.07. The van der Waals surface area contributed by atoms with Gasteiger partial charge in [-0.3, -0.25) is 4.68 Å². The Labute approximate surface area is 113 Å². The molecular weight excluding hydrogens is 242 g/mol. The number of nitrogens with zero attached hydrogens (tertiary/aromatic N) is 4. The van der Waals surface area contributed by atoms with Crippen LogP contribution in [0.25, 0.3) is 0 Å². The van der Waals surface area contributed by atoms with Gasteiger partial charge in [-0.1, -0.05) is 0 Å². The third kappa shape index (κ3) is 3.20. The summed E-state index contributed by atoms with van der Waals surface area (Å²) in [6.07, 6.45) is 3.92. The summed E-state index contributed by atoms with van der Waals surface area (Å²) in [5.74, 6) is 1.21. The van der Waals surface area contributed by atoms with E-state index in [0.717, 1.165) is 0 Å². The largest absolute Gasteiger partial charge is 0.424 e. The van der Waals surface area contributed by atoms with Crippen molar-refractivity contribution >= 4 is 0 Å². The van der Waals surface area contributed by atoms with E-state index in [0.29, 0.717) is 11.8 Å². The van der Waals surface area contributed by atoms with Crippen LogP contribution >= 0.6 is 0 Å². The number of hydrogen-bond donors (Lipinski definition) is 1. The van der Waals surface area contributed by atoms with Crippen LogP contribution in [0.3, 0.4) is 0 Å². The van der Waals surface area contributed by atoms with Gasteiger partial charge in [0.05, 0.1) is 18.3 Å². The van der Waals surface area contributed by atoms with Gasteiger partial charge >= 0.3 is 0 Å². The molecule has 1 N–H and O–H groups in total. The van der Waals surface area contributed by atoms with E-state index in [2.05, 4.69) is 34.5 Å². The molecule has 0 amide bonds. The minimum atomic E-state index is 0.0234. The van der Waals surface area contributed by atoms with Gasteiger partial charge in [0.25, 0.3) is 0 Å². The molecule has 0 aliphatic heterocycles. The highest BCUT2D eigenvalue weighted by atomic mass is 16.4. The number of rotatable bonds is 5. The van der Waals surface area contributed by atoms with Crippen LogP contribution in [0.2, 0.25) is 0 Å². The smallest absolute Gasteiger partial charge is 0.233 e. The molecule has 6 heteroatoms. The fourth-order valence-electron chi connectivity index (χ4n) is 1.98. The van der Waals surface area contributed by atoms with Crippen LogP contribution in [0.5, 0.6) is 0 Å². The molecule has 2 heterocycles. The Balaban J connectivity index is 1.98. The van der Waals surface area contributed by atoms with Crippen molar-refractivity contribution in [2.75, 3.05) is 0 Å². The third-order valence-corrected chi connectivity index (χ3v) is 3.30. The molecule has 6 nitrogen and oxygen atoms in total. The summed E-state index contributed by atoms with van der Waals surface area (Å²) in [6, 6.07) is 0.511. The van der Waals surface area contributed by atoms with Crippen molar-refractivity contribution in [3.8, 4) is 0 Å². The molecule has 0 radical (unpaired) electrons. The second kappa shape index (κ2) is 5.52. The summed E-state index contributed by atoms with van der Waals surface area (Å²) in [5.41, 5.74) is 1.17. The summed E-state index contributed by atoms with van der Waals surface area (Å²) < 4.78 is 7.40. The van der Waals surface area contributed by atoms with E-state index >= 15 is 0 Å². The van der Waals surface area contributed by atoms with Crippen LogP contribution in [0.15, 0.2) is 16.8 Å². The van der Waals surface area contributed by atoms with E-state index in [1.807, 2.05) is 30.9 Å². The van der Waals surface area contributed by atoms with Gasteiger partial charge in [-0.2, -0.15) is 5.10 Å². The maximum atomic E-state index is 5.43. The average molecular weight is 263 g/mol. The standard InChI is InChI=1S/C13H21N5O/c1-8-6-14-18(7-8)11(4)9(2)15-10(3)13-17-16-12(5)19-13/h6-7,9-11,15H,1-5H3/t9-,10-,11+/m0/s1. The molecule has 104 valence electrons. The fourth-order valence-corrected chi connectivity index (χ4v) is 1.98. The van der Waals surface area contributed by atoms with Gasteiger partial charge in [0.2, 0.25) is 11.8 Å². The zero-order chi connectivity index (χ0) is 14.0. The van der Waals surface area contributed by atoms with Gasteiger partial charge in [-0.05, 0) is 33.3 Å². The van der Waals surface area contributed by atoms with E-state index in [-0.39, 0.29) is 18.1 Å². The lowest BCUT2D eigenvalue weighted by molar-refractivity contribution is 0.313. The molecular formula is C13H21N5O. The predicted molar refractivity (Wildman–Crippen MR) is 71.7 cm³/mol. The third-order valence-electron chi connectivity index (χ3n) is 3.30. The minimum absolute atomic E-state index is 0.0234. The molecule has 0 aromatic carbocycles. The maximum absolute atomic E-state index is 5.43. The quantitative estimate of drug-likeness (QED) is 0.895. The topological polar surface area (TPSA) is 68.8 Å². The van der Waals surface area contributed by atoms with Crippen LogP contribution < -0.4 is 5.32 Å². The molecule has 0 fully saturated rings. The monoisotopic (exact) mass is 263 g/mol. The van der Waals surface area contributed by atoms with Crippen LogP contribution in [0.1, 0.15) is 50.2 Å². The summed E-state index contributed by atoms with van der Waals surface area (Å²) in [6.45, 7) is 10.1. The Morgan fingerprint density at radius 3 is 2.47 bits per heavy atom. The molecule has 2 aromatic heterocycles. The van der Waals surface area contributed by atoms with Crippen molar-refractivity contribution in [2.24, 2.45) is 0 Å². The van der Waals surface area contributed by atoms with E-state index in [4.69, 9.17) is 4.42 Å². The molecule has 2 aromatic rings. The average Bonchev–Trinajstić information content (AvgIpc) is 2.97. The van der Waals surface area contributed by atoms with Crippen molar-refractivity contribution in [1.29, 1.82) is 0 Å². The number of aromatic nitrogens is 4. The summed E-state index contributed by atoms with van der Waals surface area (Å²) >= 11 is 0. The highest BCUT2D eigenvalue weighted by Gasteiger charge is 2.20. The molecule has 0 unspecified atom stereocenters. The molecule has 2 rings (SSSR count). The first-order valence-electron chi connectivity index (χ1n) is 6.54. The van der Waals surface area contributed by atoms with E-state index < -0.39 is 0 Å². The Morgan fingerprint density at radius 2 is 1.95 bits per heavy atom. The summed E-state index contributed by atoms with van der Waals surface area (Å²) in [7, 11) is 0. The maximum Gasteiger partial charge on any atom is 0.233 e. The Hall–Kier alpha value is -1.69. The normalized spacial score (nSPS) is 16.3. The highest BCUT2D eigenvalue weighted by Crippen LogP contribution is 2.16. The number of aryl methyl sites for hydroxylation is 2. The lowest BCUT2D eigenvalue weighted by Crippen LogP contribution is -2.35. The first kappa shape index (κ1) is 13.7. The van der Waals surface area contributed by atoms with Gasteiger partial charge in [-0.25, -0.2) is 0 Å². The van der Waals surface area contributed by atoms with E-state index in [1.54, 1.807) is 6.92 Å². The zero-order valence-corrected chi connectivity index (χ0v) is 12.1. The molecule has 3 atom stereocenters. The van der Waals surface area contributed by atoms with Gasteiger partial charge in [-0.15, -0.1) is 10.2 Å². The first-order chi connectivity index (χ1) is 8.97. The van der Waals surface area contributed by atoms with Crippen LogP contribution in [0.4, 0.5) is 0 Å². The van der Waals surface area contributed by atoms with Crippen LogP contribution in [-0.2, 0) is 0 Å². The molecule has 0 bridgehead atoms. The van der Waals surface area contributed by atoms with Gasteiger partial charge in [0.15, 0.2) is 0 Å². The van der Waals surface area contributed by atoms with Crippen molar-refractivity contribution in [3.63, 3.8) is 0 Å². The lowest BCUT2D eigenvalue weighted by atomic mass is 10.1. The number of nitrogens with one attached hydrogen (secondary N) is 1. The Kier molecular flexibility index (Phi) is 3.99. The van der Waals surface area contributed by atoms with Gasteiger partial charge < -0.3 is 9.73 Å². The van der Waals surface area contributed by atoms with Gasteiger partial charge in [0.1, 0.15) is 0 Å². The summed E-state index contributed by atoms with van der Waals surface area (Å²) in [5, 5.41) is 15.7. The minimum Gasteiger partial charge on any atom is -0.424 e. The first-order valence-corrected chi connectivity index (χ1v) is 6.54. The van der Waals surface area contributed by atoms with Gasteiger partial charge in [0, 0.05) is 19.2 Å². The van der Waals surface area contributed by atoms with Crippen molar-refractivity contribution < 1.29 is 4.42 Å². The van der Waals surface area contributed by atoms with Crippen LogP contribution in [-0.4, -0.2) is 26.0 Å². The lowest BCUT2D eigenvalue weighted by Gasteiger charge is -2.24. The molecule has 0 aliphatic carbocycles. The van der Waals surface area contributed by atoms with Crippen molar-refractivity contribution in [2.45, 2.75) is 52.7 Å². The molecule has 0 saturated carbocycles. The van der Waals surface area contributed by atoms with E-state index in [9.17, 15) is 0 Å². The Bertz CT molecular complexity index is 533. The predicted octanol–water partition coefficient (Wildman–Crippen LogP) is 2.18. The molecule has 0 saturated heterocycles. The highest BCUT2D eigenvalue weighted by molar-refractivity contribution is 5.01. The SMILES string of the molecule is Cc1cnn([C@H](C)[C@H](C)N[C@@H](C)c2nnc(C)o2)c1. The molecule has 19 heavy (non-hydrogen) atoms.